The highest BCUT2D eigenvalue weighted by molar-refractivity contribution is 6.08. The zero-order valence-corrected chi connectivity index (χ0v) is 9.45. The van der Waals surface area contributed by atoms with Gasteiger partial charge in [-0.3, -0.25) is 14.5 Å². The molecule has 0 aromatic rings. The van der Waals surface area contributed by atoms with Crippen molar-refractivity contribution in [2.45, 2.75) is 38.5 Å². The number of amides is 2. The number of carbonyl (C=O) groups excluding carboxylic acids is 2. The van der Waals surface area contributed by atoms with Crippen molar-refractivity contribution in [3.05, 3.63) is 11.6 Å². The molecule has 2 amide bonds. The van der Waals surface area contributed by atoms with Crippen molar-refractivity contribution in [1.29, 1.82) is 0 Å². The number of hydrogen-bond donors (Lipinski definition) is 0. The Hall–Kier alpha value is -1.12. The molecule has 16 heavy (non-hydrogen) atoms. The molecule has 1 saturated carbocycles. The van der Waals surface area contributed by atoms with Crippen LogP contribution in [0.2, 0.25) is 0 Å². The van der Waals surface area contributed by atoms with Gasteiger partial charge >= 0.3 is 0 Å². The molecular weight excluding hydrogens is 202 g/mol. The second-order valence-electron chi connectivity index (χ2n) is 5.13. The average Bonchev–Trinajstić information content (AvgIpc) is 3.05. The molecule has 0 N–H and O–H groups in total. The van der Waals surface area contributed by atoms with Gasteiger partial charge < -0.3 is 0 Å². The van der Waals surface area contributed by atoms with Crippen molar-refractivity contribution in [2.75, 3.05) is 6.54 Å². The Bertz CT molecular complexity index is 352. The van der Waals surface area contributed by atoms with Crippen LogP contribution in [-0.2, 0) is 9.59 Å². The van der Waals surface area contributed by atoms with Crippen molar-refractivity contribution in [1.82, 2.24) is 4.90 Å². The van der Waals surface area contributed by atoms with Crippen molar-refractivity contribution < 1.29 is 9.59 Å². The Balaban J connectivity index is 1.57. The lowest BCUT2D eigenvalue weighted by Crippen LogP contribution is -2.34. The van der Waals surface area contributed by atoms with E-state index in [1.165, 1.54) is 29.7 Å². The number of allylic oxidation sites excluding steroid dienone is 1. The molecule has 3 nitrogen and oxygen atoms in total. The molecule has 2 atom stereocenters. The maximum atomic E-state index is 11.7. The Kier molecular flexibility index (Phi) is 2.34. The number of fused-ring (bicyclic) bond motifs is 1. The molecule has 3 rings (SSSR count). The van der Waals surface area contributed by atoms with Crippen LogP contribution in [-0.4, -0.2) is 23.3 Å². The molecule has 0 spiro atoms. The lowest BCUT2D eigenvalue weighted by Gasteiger charge is -2.18. The van der Waals surface area contributed by atoms with Crippen molar-refractivity contribution in [3.8, 4) is 0 Å². The molecule has 0 radical (unpaired) electrons. The summed E-state index contributed by atoms with van der Waals surface area (Å²) in [4.78, 5) is 24.9. The Labute approximate surface area is 95.5 Å². The maximum absolute atomic E-state index is 11.7. The van der Waals surface area contributed by atoms with Crippen LogP contribution in [0.1, 0.15) is 38.5 Å². The highest BCUT2D eigenvalue weighted by Gasteiger charge is 2.58. The number of rotatable bonds is 3. The second kappa shape index (κ2) is 3.72. The van der Waals surface area contributed by atoms with Crippen molar-refractivity contribution >= 4 is 11.8 Å². The number of likely N-dealkylation sites (tertiary alicyclic amines) is 1. The first-order valence-corrected chi connectivity index (χ1v) is 6.30. The summed E-state index contributed by atoms with van der Waals surface area (Å²) in [6.07, 6.45) is 8.88. The summed E-state index contributed by atoms with van der Waals surface area (Å²) in [7, 11) is 0. The monoisotopic (exact) mass is 219 g/mol. The molecule has 1 aliphatic heterocycles. The highest BCUT2D eigenvalue weighted by Crippen LogP contribution is 2.47. The van der Waals surface area contributed by atoms with Gasteiger partial charge in [-0.2, -0.15) is 0 Å². The standard InChI is InChI=1S/C13H17NO2/c15-12-10-8-11(10)13(16)14(12)7-6-9-4-2-1-3-5-9/h4,10-11H,1-3,5-8H2. The van der Waals surface area contributed by atoms with Gasteiger partial charge in [0.15, 0.2) is 0 Å². The number of nitrogens with zero attached hydrogens (tertiary/aromatic N) is 1. The Morgan fingerprint density at radius 1 is 1.19 bits per heavy atom. The zero-order chi connectivity index (χ0) is 11.1. The second-order valence-corrected chi connectivity index (χ2v) is 5.13. The van der Waals surface area contributed by atoms with Crippen LogP contribution in [0.4, 0.5) is 0 Å². The van der Waals surface area contributed by atoms with Crippen LogP contribution in [0, 0.1) is 11.8 Å². The fourth-order valence-corrected chi connectivity index (χ4v) is 2.86. The third kappa shape index (κ3) is 1.58. The molecular formula is C13H17NO2. The molecule has 1 saturated heterocycles. The number of carbonyl (C=O) groups is 2. The van der Waals surface area contributed by atoms with Crippen LogP contribution in [0.25, 0.3) is 0 Å². The molecule has 0 aromatic carbocycles. The molecule has 2 aliphatic carbocycles. The SMILES string of the molecule is O=C1C2CC2C(=O)N1CCC1=CCCCC1. The first kappa shape index (κ1) is 10.1. The summed E-state index contributed by atoms with van der Waals surface area (Å²) in [5.41, 5.74) is 1.44. The summed E-state index contributed by atoms with van der Waals surface area (Å²) in [5.74, 6) is 0.304. The van der Waals surface area contributed by atoms with Gasteiger partial charge in [-0.25, -0.2) is 0 Å². The predicted octanol–water partition coefficient (Wildman–Crippen LogP) is 1.88. The lowest BCUT2D eigenvalue weighted by molar-refractivity contribution is -0.141. The van der Waals surface area contributed by atoms with Crippen LogP contribution in [0.3, 0.4) is 0 Å². The van der Waals surface area contributed by atoms with E-state index in [1.807, 2.05) is 0 Å². The van der Waals surface area contributed by atoms with Gasteiger partial charge in [0.05, 0.1) is 11.8 Å². The van der Waals surface area contributed by atoms with Crippen molar-refractivity contribution in [2.24, 2.45) is 11.8 Å². The Morgan fingerprint density at radius 2 is 1.94 bits per heavy atom. The maximum Gasteiger partial charge on any atom is 0.233 e. The quantitative estimate of drug-likeness (QED) is 0.537. The summed E-state index contributed by atoms with van der Waals surface area (Å²) in [6.45, 7) is 0.622. The molecule has 2 fully saturated rings. The minimum absolute atomic E-state index is 0.0628. The fourth-order valence-electron chi connectivity index (χ4n) is 2.86. The van der Waals surface area contributed by atoms with Gasteiger partial charge in [0.2, 0.25) is 11.8 Å². The van der Waals surface area contributed by atoms with E-state index in [4.69, 9.17) is 0 Å². The van der Waals surface area contributed by atoms with E-state index in [-0.39, 0.29) is 23.7 Å². The molecule has 3 heteroatoms. The van der Waals surface area contributed by atoms with Gasteiger partial charge in [-0.15, -0.1) is 0 Å². The summed E-state index contributed by atoms with van der Waals surface area (Å²) in [5, 5.41) is 0. The number of imide groups is 1. The van der Waals surface area contributed by atoms with Gasteiger partial charge in [0.1, 0.15) is 0 Å². The molecule has 0 bridgehead atoms. The van der Waals surface area contributed by atoms with Gasteiger partial charge in [-0.05, 0) is 38.5 Å². The normalized spacial score (nSPS) is 32.8. The largest absolute Gasteiger partial charge is 0.282 e. The Morgan fingerprint density at radius 3 is 2.56 bits per heavy atom. The number of hydrogen-bond acceptors (Lipinski definition) is 2. The van der Waals surface area contributed by atoms with Gasteiger partial charge in [0, 0.05) is 6.54 Å². The smallest absolute Gasteiger partial charge is 0.233 e. The summed E-state index contributed by atoms with van der Waals surface area (Å²) in [6, 6.07) is 0. The molecule has 0 aromatic heterocycles. The minimum atomic E-state index is 0.0628. The lowest BCUT2D eigenvalue weighted by atomic mass is 9.97. The van der Waals surface area contributed by atoms with Gasteiger partial charge in [0.25, 0.3) is 0 Å². The molecule has 3 aliphatic rings. The van der Waals surface area contributed by atoms with Crippen LogP contribution in [0.15, 0.2) is 11.6 Å². The molecule has 2 unspecified atom stereocenters. The van der Waals surface area contributed by atoms with Crippen LogP contribution in [0.5, 0.6) is 0 Å². The first-order valence-electron chi connectivity index (χ1n) is 6.30. The first-order chi connectivity index (χ1) is 7.77. The topological polar surface area (TPSA) is 37.4 Å². The predicted molar refractivity (Wildman–Crippen MR) is 59.5 cm³/mol. The van der Waals surface area contributed by atoms with Crippen LogP contribution < -0.4 is 0 Å². The number of piperidine rings is 1. The minimum Gasteiger partial charge on any atom is -0.282 e. The third-order valence-corrected chi connectivity index (χ3v) is 4.00. The van der Waals surface area contributed by atoms with Gasteiger partial charge in [-0.1, -0.05) is 11.6 Å². The third-order valence-electron chi connectivity index (χ3n) is 4.00. The molecule has 86 valence electrons. The summed E-state index contributed by atoms with van der Waals surface area (Å²) >= 11 is 0. The van der Waals surface area contributed by atoms with E-state index in [0.717, 1.165) is 19.3 Å². The zero-order valence-electron chi connectivity index (χ0n) is 9.45. The average molecular weight is 219 g/mol. The summed E-state index contributed by atoms with van der Waals surface area (Å²) < 4.78 is 0. The fraction of sp³-hybridized carbons (Fsp3) is 0.692. The van der Waals surface area contributed by atoms with E-state index < -0.39 is 0 Å². The molecule has 1 heterocycles. The van der Waals surface area contributed by atoms with E-state index >= 15 is 0 Å². The van der Waals surface area contributed by atoms with E-state index in [0.29, 0.717) is 6.54 Å². The highest BCUT2D eigenvalue weighted by atomic mass is 16.2. The van der Waals surface area contributed by atoms with E-state index in [2.05, 4.69) is 6.08 Å². The van der Waals surface area contributed by atoms with Crippen molar-refractivity contribution in [3.63, 3.8) is 0 Å². The van der Waals surface area contributed by atoms with E-state index in [1.54, 1.807) is 0 Å². The van der Waals surface area contributed by atoms with Crippen LogP contribution >= 0.6 is 0 Å². The van der Waals surface area contributed by atoms with E-state index in [9.17, 15) is 9.59 Å².